The third kappa shape index (κ3) is 3.89. The second-order valence-electron chi connectivity index (χ2n) is 4.50. The van der Waals surface area contributed by atoms with Crippen LogP contribution in [-0.4, -0.2) is 15.6 Å². The number of hydrazone groups is 1. The SMILES string of the molecule is C/C(=N\Nc1ccc([N+](=O)[O-])cc1[N+](=O)[O-])c1ccccc1Br. The standard InChI is InChI=1S/C14H11BrN4O4/c1-9(11-4-2-3-5-12(11)15)16-17-13-7-6-10(18(20)21)8-14(13)19(22)23/h2-8,17H,1H3/b16-9+. The Morgan fingerprint density at radius 1 is 1.13 bits per heavy atom. The molecule has 9 heteroatoms. The Morgan fingerprint density at radius 3 is 2.43 bits per heavy atom. The quantitative estimate of drug-likeness (QED) is 0.478. The van der Waals surface area contributed by atoms with Crippen molar-refractivity contribution < 1.29 is 9.85 Å². The molecule has 2 rings (SSSR count). The number of benzene rings is 2. The van der Waals surface area contributed by atoms with Crippen molar-refractivity contribution in [2.24, 2.45) is 5.10 Å². The van der Waals surface area contributed by atoms with Gasteiger partial charge in [-0.1, -0.05) is 34.1 Å². The molecule has 0 aliphatic carbocycles. The molecule has 0 heterocycles. The molecule has 0 bridgehead atoms. The highest BCUT2D eigenvalue weighted by Crippen LogP contribution is 2.29. The lowest BCUT2D eigenvalue weighted by Gasteiger charge is -2.06. The molecule has 8 nitrogen and oxygen atoms in total. The van der Waals surface area contributed by atoms with Gasteiger partial charge in [0.1, 0.15) is 5.69 Å². The molecule has 0 amide bonds. The van der Waals surface area contributed by atoms with Gasteiger partial charge in [-0.2, -0.15) is 5.10 Å². The first-order valence-electron chi connectivity index (χ1n) is 6.38. The van der Waals surface area contributed by atoms with Crippen molar-refractivity contribution in [3.8, 4) is 0 Å². The average Bonchev–Trinajstić information content (AvgIpc) is 2.52. The summed E-state index contributed by atoms with van der Waals surface area (Å²) in [5.74, 6) is 0. The van der Waals surface area contributed by atoms with E-state index >= 15 is 0 Å². The van der Waals surface area contributed by atoms with E-state index < -0.39 is 15.5 Å². The predicted octanol–water partition coefficient (Wildman–Crippen LogP) is 4.10. The number of anilines is 1. The number of nitro groups is 2. The van der Waals surface area contributed by atoms with Gasteiger partial charge in [0, 0.05) is 16.1 Å². The smallest absolute Gasteiger partial charge is 0.271 e. The van der Waals surface area contributed by atoms with Gasteiger partial charge in [0.15, 0.2) is 0 Å². The molecule has 0 spiro atoms. The zero-order chi connectivity index (χ0) is 17.0. The number of non-ortho nitro benzene ring substituents is 1. The third-order valence-corrected chi connectivity index (χ3v) is 3.69. The maximum absolute atomic E-state index is 11.1. The van der Waals surface area contributed by atoms with Crippen LogP contribution in [0, 0.1) is 20.2 Å². The van der Waals surface area contributed by atoms with Gasteiger partial charge in [0.25, 0.3) is 5.69 Å². The number of nitrogens with zero attached hydrogens (tertiary/aromatic N) is 3. The number of halogens is 1. The molecule has 118 valence electrons. The number of hydrogen-bond acceptors (Lipinski definition) is 6. The van der Waals surface area contributed by atoms with E-state index in [1.165, 1.54) is 12.1 Å². The Labute approximate surface area is 139 Å². The van der Waals surface area contributed by atoms with Crippen molar-refractivity contribution in [1.29, 1.82) is 0 Å². The van der Waals surface area contributed by atoms with Gasteiger partial charge in [0.05, 0.1) is 21.6 Å². The van der Waals surface area contributed by atoms with Crippen LogP contribution in [0.4, 0.5) is 17.1 Å². The molecular formula is C14H11BrN4O4. The molecule has 1 N–H and O–H groups in total. The van der Waals surface area contributed by atoms with Crippen molar-refractivity contribution >= 4 is 38.7 Å². The molecule has 0 saturated heterocycles. The number of hydrogen-bond donors (Lipinski definition) is 1. The molecule has 0 saturated carbocycles. The lowest BCUT2D eigenvalue weighted by Crippen LogP contribution is -2.03. The second-order valence-corrected chi connectivity index (χ2v) is 5.36. The highest BCUT2D eigenvalue weighted by molar-refractivity contribution is 9.10. The Bertz CT molecular complexity index is 807. The van der Waals surface area contributed by atoms with Crippen LogP contribution in [0.5, 0.6) is 0 Å². The topological polar surface area (TPSA) is 111 Å². The van der Waals surface area contributed by atoms with Gasteiger partial charge in [-0.15, -0.1) is 0 Å². The van der Waals surface area contributed by atoms with Crippen LogP contribution in [-0.2, 0) is 0 Å². The summed E-state index contributed by atoms with van der Waals surface area (Å²) >= 11 is 3.39. The van der Waals surface area contributed by atoms with Crippen molar-refractivity contribution in [3.63, 3.8) is 0 Å². The fraction of sp³-hybridized carbons (Fsp3) is 0.0714. The van der Waals surface area contributed by atoms with Gasteiger partial charge in [-0.3, -0.25) is 25.7 Å². The molecule has 23 heavy (non-hydrogen) atoms. The van der Waals surface area contributed by atoms with E-state index in [1.807, 2.05) is 24.3 Å². The monoisotopic (exact) mass is 378 g/mol. The van der Waals surface area contributed by atoms with Crippen LogP contribution in [0.2, 0.25) is 0 Å². The second kappa shape index (κ2) is 6.97. The first-order chi connectivity index (χ1) is 10.9. The summed E-state index contributed by atoms with van der Waals surface area (Å²) in [4.78, 5) is 20.4. The summed E-state index contributed by atoms with van der Waals surface area (Å²) in [7, 11) is 0. The van der Waals surface area contributed by atoms with Crippen molar-refractivity contribution in [2.45, 2.75) is 6.92 Å². The summed E-state index contributed by atoms with van der Waals surface area (Å²) in [6.45, 7) is 1.74. The zero-order valence-corrected chi connectivity index (χ0v) is 13.5. The largest absolute Gasteiger partial charge is 0.301 e. The number of rotatable bonds is 5. The summed E-state index contributed by atoms with van der Waals surface area (Å²) in [6, 6.07) is 10.7. The predicted molar refractivity (Wildman–Crippen MR) is 89.7 cm³/mol. The fourth-order valence-electron chi connectivity index (χ4n) is 1.84. The molecule has 0 fully saturated rings. The lowest BCUT2D eigenvalue weighted by molar-refractivity contribution is -0.393. The Hall–Kier alpha value is -2.81. The maximum Gasteiger partial charge on any atom is 0.301 e. The van der Waals surface area contributed by atoms with Gasteiger partial charge < -0.3 is 0 Å². The summed E-state index contributed by atoms with van der Waals surface area (Å²) in [5.41, 5.74) is 3.32. The van der Waals surface area contributed by atoms with Crippen molar-refractivity contribution in [2.75, 3.05) is 5.43 Å². The van der Waals surface area contributed by atoms with E-state index in [-0.39, 0.29) is 11.4 Å². The molecule has 2 aromatic carbocycles. The normalized spacial score (nSPS) is 11.1. The van der Waals surface area contributed by atoms with Crippen LogP contribution in [0.25, 0.3) is 0 Å². The van der Waals surface area contributed by atoms with Crippen LogP contribution >= 0.6 is 15.9 Å². The molecule has 0 aliphatic heterocycles. The van der Waals surface area contributed by atoms with Gasteiger partial charge in [-0.25, -0.2) is 0 Å². The van der Waals surface area contributed by atoms with Gasteiger partial charge in [-0.05, 0) is 19.1 Å². The summed E-state index contributed by atoms with van der Waals surface area (Å²) in [6.07, 6.45) is 0. The van der Waals surface area contributed by atoms with E-state index in [9.17, 15) is 20.2 Å². The molecular weight excluding hydrogens is 368 g/mol. The average molecular weight is 379 g/mol. The minimum absolute atomic E-state index is 0.0759. The van der Waals surface area contributed by atoms with Crippen LogP contribution < -0.4 is 5.43 Å². The van der Waals surface area contributed by atoms with Gasteiger partial charge >= 0.3 is 5.69 Å². The molecule has 0 unspecified atom stereocenters. The van der Waals surface area contributed by atoms with Gasteiger partial charge in [0.2, 0.25) is 0 Å². The lowest BCUT2D eigenvalue weighted by atomic mass is 10.1. The first kappa shape index (κ1) is 16.6. The van der Waals surface area contributed by atoms with E-state index in [0.29, 0.717) is 5.71 Å². The molecule has 2 aromatic rings. The third-order valence-electron chi connectivity index (χ3n) is 3.00. The Kier molecular flexibility index (Phi) is 5.02. The maximum atomic E-state index is 11.1. The minimum Gasteiger partial charge on any atom is -0.271 e. The Morgan fingerprint density at radius 2 is 1.83 bits per heavy atom. The van der Waals surface area contributed by atoms with Crippen molar-refractivity contribution in [1.82, 2.24) is 0 Å². The molecule has 0 aromatic heterocycles. The Balaban J connectivity index is 2.33. The summed E-state index contributed by atoms with van der Waals surface area (Å²) in [5, 5.41) is 25.9. The fourth-order valence-corrected chi connectivity index (χ4v) is 2.41. The van der Waals surface area contributed by atoms with E-state index in [0.717, 1.165) is 16.1 Å². The zero-order valence-electron chi connectivity index (χ0n) is 11.9. The van der Waals surface area contributed by atoms with E-state index in [2.05, 4.69) is 26.5 Å². The minimum atomic E-state index is -0.696. The molecule has 0 aliphatic rings. The van der Waals surface area contributed by atoms with E-state index in [4.69, 9.17) is 0 Å². The highest BCUT2D eigenvalue weighted by atomic mass is 79.9. The highest BCUT2D eigenvalue weighted by Gasteiger charge is 2.19. The first-order valence-corrected chi connectivity index (χ1v) is 7.17. The van der Waals surface area contributed by atoms with Crippen molar-refractivity contribution in [3.05, 3.63) is 72.7 Å². The number of nitro benzene ring substituents is 2. The molecule has 0 atom stereocenters. The number of nitrogens with one attached hydrogen (secondary N) is 1. The summed E-state index contributed by atoms with van der Waals surface area (Å²) < 4.78 is 0.834. The van der Waals surface area contributed by atoms with Crippen LogP contribution in [0.1, 0.15) is 12.5 Å². The van der Waals surface area contributed by atoms with E-state index in [1.54, 1.807) is 6.92 Å². The van der Waals surface area contributed by atoms with Crippen LogP contribution in [0.3, 0.4) is 0 Å². The van der Waals surface area contributed by atoms with Crippen LogP contribution in [0.15, 0.2) is 52.0 Å². The molecule has 0 radical (unpaired) electrons.